The fraction of sp³-hybridized carbons (Fsp3) is 0.621. The second-order valence-corrected chi connectivity index (χ2v) is 12.3. The highest BCUT2D eigenvalue weighted by Gasteiger charge is 2.68. The van der Waals surface area contributed by atoms with Crippen molar-refractivity contribution in [3.05, 3.63) is 48.0 Å². The van der Waals surface area contributed by atoms with Crippen LogP contribution in [0.2, 0.25) is 0 Å². The average molecular weight is 503 g/mol. The summed E-state index contributed by atoms with van der Waals surface area (Å²) in [5, 5.41) is 12.3. The molecule has 0 radical (unpaired) electrons. The molecule has 7 nitrogen and oxygen atoms in total. The van der Waals surface area contributed by atoms with Crippen LogP contribution in [0, 0.1) is 34.5 Å². The number of benzene rings is 1. The van der Waals surface area contributed by atoms with E-state index in [1.807, 2.05) is 24.3 Å². The van der Waals surface area contributed by atoms with Gasteiger partial charge in [0.1, 0.15) is 11.6 Å². The van der Waals surface area contributed by atoms with Crippen LogP contribution in [0.15, 0.2) is 42.5 Å². The molecule has 0 unspecified atom stereocenters. The molecule has 2 heterocycles. The van der Waals surface area contributed by atoms with Crippen LogP contribution >= 0.6 is 0 Å². The Hall–Kier alpha value is -2.63. The molecule has 2 saturated heterocycles. The lowest BCUT2D eigenvalue weighted by atomic mass is 9.43. The van der Waals surface area contributed by atoms with Gasteiger partial charge in [0.25, 0.3) is 5.91 Å². The average Bonchev–Trinajstić information content (AvgIpc) is 3.25. The first-order chi connectivity index (χ1) is 17.6. The van der Waals surface area contributed by atoms with Gasteiger partial charge in [-0.1, -0.05) is 50.8 Å². The number of carbonyl (C=O) groups excluding carboxylic acids is 2. The second-order valence-electron chi connectivity index (χ2n) is 12.3. The fourth-order valence-corrected chi connectivity index (χ4v) is 7.34. The Kier molecular flexibility index (Phi) is 6.97. The number of nitrogens with one attached hydrogen (secondary N) is 1. The minimum Gasteiger partial charge on any atom is -0.404 e. The molecule has 6 rings (SSSR count). The summed E-state index contributed by atoms with van der Waals surface area (Å²) in [5.41, 5.74) is 0.979. The quantitative estimate of drug-likeness (QED) is 0.348. The zero-order valence-electron chi connectivity index (χ0n) is 22.2. The van der Waals surface area contributed by atoms with Crippen molar-refractivity contribution in [2.45, 2.75) is 76.9 Å². The van der Waals surface area contributed by atoms with Gasteiger partial charge in [0.05, 0.1) is 17.6 Å². The molecule has 5 fully saturated rings. The number of hydrogen-bond acceptors (Lipinski definition) is 5. The van der Waals surface area contributed by atoms with Crippen molar-refractivity contribution in [2.75, 3.05) is 13.1 Å². The van der Waals surface area contributed by atoms with Crippen molar-refractivity contribution >= 4 is 18.9 Å². The van der Waals surface area contributed by atoms with Crippen molar-refractivity contribution in [3.63, 3.8) is 0 Å². The van der Waals surface area contributed by atoms with E-state index in [0.717, 1.165) is 24.8 Å². The molecule has 2 aliphatic heterocycles. The lowest BCUT2D eigenvalue weighted by Gasteiger charge is -2.64. The molecular formula is C29H38BN3O4. The summed E-state index contributed by atoms with van der Waals surface area (Å²) in [4.78, 5) is 27.4. The van der Waals surface area contributed by atoms with Gasteiger partial charge in [-0.2, -0.15) is 5.26 Å². The molecule has 6 atom stereocenters. The van der Waals surface area contributed by atoms with E-state index in [2.05, 4.69) is 44.8 Å². The molecule has 2 amide bonds. The number of piperidine rings is 1. The summed E-state index contributed by atoms with van der Waals surface area (Å²) < 4.78 is 13.3. The van der Waals surface area contributed by atoms with E-state index in [9.17, 15) is 9.59 Å². The van der Waals surface area contributed by atoms with Crippen LogP contribution in [0.5, 0.6) is 0 Å². The largest absolute Gasteiger partial charge is 0.482 e. The highest BCUT2D eigenvalue weighted by atomic mass is 16.7. The predicted octanol–water partition coefficient (Wildman–Crippen LogP) is 3.69. The molecule has 196 valence electrons. The number of nitriles is 1. The maximum absolute atomic E-state index is 13.3. The van der Waals surface area contributed by atoms with Crippen LogP contribution in [0.4, 0.5) is 0 Å². The van der Waals surface area contributed by atoms with Crippen LogP contribution in [0.1, 0.15) is 58.4 Å². The monoisotopic (exact) mass is 503 g/mol. The van der Waals surface area contributed by atoms with Gasteiger partial charge in [-0.25, -0.2) is 0 Å². The molecule has 0 spiro atoms. The number of carbonyl (C=O) groups is 2. The van der Waals surface area contributed by atoms with Gasteiger partial charge in [-0.3, -0.25) is 9.59 Å². The molecular weight excluding hydrogens is 465 g/mol. The normalized spacial score (nSPS) is 32.5. The highest BCUT2D eigenvalue weighted by Crippen LogP contribution is 2.65. The van der Waals surface area contributed by atoms with Crippen molar-refractivity contribution in [1.29, 1.82) is 5.26 Å². The Labute approximate surface area is 220 Å². The third-order valence-electron chi connectivity index (χ3n) is 9.62. The van der Waals surface area contributed by atoms with Gasteiger partial charge < -0.3 is 19.5 Å². The summed E-state index contributed by atoms with van der Waals surface area (Å²) in [6, 6.07) is 12.0. The third-order valence-corrected chi connectivity index (χ3v) is 9.62. The van der Waals surface area contributed by atoms with E-state index in [0.29, 0.717) is 37.8 Å². The number of nitrogens with zero attached hydrogens (tertiary/aromatic N) is 2. The summed E-state index contributed by atoms with van der Waals surface area (Å²) in [6.07, 6.45) is 4.85. The van der Waals surface area contributed by atoms with Crippen LogP contribution in [-0.4, -0.2) is 54.6 Å². The van der Waals surface area contributed by atoms with E-state index in [1.165, 1.54) is 6.42 Å². The summed E-state index contributed by atoms with van der Waals surface area (Å²) in [7, 11) is -0.502. The van der Waals surface area contributed by atoms with E-state index >= 15 is 0 Å². The standard InChI is InChI=1S/C29H38BN3O4/c1-19(17-31)27(35)33-12-8-11-21(18-33)14-26(34)32-25(13-20-9-6-5-7-10-20)30-36-24-16-22-15-23(28(22,2)3)29(24,4)37-30/h5-7,9-10,21-25H,1,8,11-16,18H2,2-4H3,(H,32,34)/t21-,22-,23-,24+,25-,29-/m0/s1. The number of likely N-dealkylation sites (tertiary alicyclic amines) is 1. The molecule has 0 aromatic heterocycles. The summed E-state index contributed by atoms with van der Waals surface area (Å²) >= 11 is 0. The van der Waals surface area contributed by atoms with E-state index in [-0.39, 0.29) is 46.4 Å². The van der Waals surface area contributed by atoms with Crippen molar-refractivity contribution in [2.24, 2.45) is 23.2 Å². The minimum atomic E-state index is -0.502. The number of rotatable bonds is 7. The van der Waals surface area contributed by atoms with Crippen LogP contribution < -0.4 is 5.32 Å². The molecule has 37 heavy (non-hydrogen) atoms. The van der Waals surface area contributed by atoms with E-state index in [1.54, 1.807) is 4.90 Å². The van der Waals surface area contributed by atoms with Crippen LogP contribution in [-0.2, 0) is 25.3 Å². The Morgan fingerprint density at radius 2 is 2.03 bits per heavy atom. The van der Waals surface area contributed by atoms with Gasteiger partial charge in [0, 0.05) is 19.5 Å². The Bertz CT molecular complexity index is 1100. The SMILES string of the molecule is C=C(C#N)C(=O)N1CCC[C@@H](CC(=O)N[C@@H](Cc2ccccc2)B2O[C@@H]3C[C@@H]4C[C@@H](C4(C)C)[C@]3(C)O2)C1. The van der Waals surface area contributed by atoms with Gasteiger partial charge in [-0.15, -0.1) is 0 Å². The number of amides is 2. The Morgan fingerprint density at radius 3 is 2.73 bits per heavy atom. The Balaban J connectivity index is 1.27. The summed E-state index contributed by atoms with van der Waals surface area (Å²) in [5.74, 6) is 0.456. The molecule has 8 heteroatoms. The Morgan fingerprint density at radius 1 is 1.27 bits per heavy atom. The highest BCUT2D eigenvalue weighted by molar-refractivity contribution is 6.48. The smallest absolute Gasteiger partial charge is 0.404 e. The first-order valence-electron chi connectivity index (χ1n) is 13.7. The van der Waals surface area contributed by atoms with E-state index in [4.69, 9.17) is 14.6 Å². The van der Waals surface area contributed by atoms with E-state index < -0.39 is 7.12 Å². The zero-order valence-corrected chi connectivity index (χ0v) is 22.2. The second kappa shape index (κ2) is 9.92. The molecule has 1 aromatic carbocycles. The lowest BCUT2D eigenvalue weighted by Crippen LogP contribution is -2.65. The molecule has 1 N–H and O–H groups in total. The minimum absolute atomic E-state index is 0.0418. The zero-order chi connectivity index (χ0) is 26.4. The molecule has 3 aliphatic carbocycles. The maximum Gasteiger partial charge on any atom is 0.482 e. The predicted molar refractivity (Wildman–Crippen MR) is 141 cm³/mol. The first-order valence-corrected chi connectivity index (χ1v) is 13.7. The molecule has 2 bridgehead atoms. The fourth-order valence-electron chi connectivity index (χ4n) is 7.34. The summed E-state index contributed by atoms with van der Waals surface area (Å²) in [6.45, 7) is 11.5. The van der Waals surface area contributed by atoms with Crippen molar-refractivity contribution in [3.8, 4) is 6.07 Å². The maximum atomic E-state index is 13.3. The van der Waals surface area contributed by atoms with Crippen LogP contribution in [0.25, 0.3) is 0 Å². The topological polar surface area (TPSA) is 91.7 Å². The number of hydrogen-bond donors (Lipinski definition) is 1. The molecule has 3 saturated carbocycles. The van der Waals surface area contributed by atoms with Crippen LogP contribution in [0.3, 0.4) is 0 Å². The van der Waals surface area contributed by atoms with Gasteiger partial charge in [0.15, 0.2) is 0 Å². The lowest BCUT2D eigenvalue weighted by molar-refractivity contribution is -0.199. The molecule has 5 aliphatic rings. The van der Waals surface area contributed by atoms with Crippen molar-refractivity contribution < 1.29 is 18.9 Å². The van der Waals surface area contributed by atoms with Gasteiger partial charge >= 0.3 is 7.12 Å². The van der Waals surface area contributed by atoms with Gasteiger partial charge in [0.2, 0.25) is 5.91 Å². The molecule has 1 aromatic rings. The first kappa shape index (κ1) is 26.0. The van der Waals surface area contributed by atoms with Gasteiger partial charge in [-0.05, 0) is 67.8 Å². The van der Waals surface area contributed by atoms with Crippen molar-refractivity contribution in [1.82, 2.24) is 10.2 Å². The third kappa shape index (κ3) is 4.84.